The molecule has 0 spiro atoms. The van der Waals surface area contributed by atoms with Crippen LogP contribution in [0.3, 0.4) is 0 Å². The Kier molecular flexibility index (Phi) is 4.42. The van der Waals surface area contributed by atoms with Crippen molar-refractivity contribution in [1.29, 1.82) is 0 Å². The molecule has 2 aromatic carbocycles. The van der Waals surface area contributed by atoms with Crippen molar-refractivity contribution in [3.05, 3.63) is 77.9 Å². The van der Waals surface area contributed by atoms with Crippen LogP contribution in [0, 0.1) is 24.5 Å². The molecule has 3 rings (SSSR count). The van der Waals surface area contributed by atoms with Gasteiger partial charge in [-0.3, -0.25) is 0 Å². The van der Waals surface area contributed by atoms with Crippen LogP contribution in [0.15, 0.2) is 55.1 Å². The van der Waals surface area contributed by atoms with E-state index in [2.05, 4.69) is 12.7 Å². The molecule has 0 aromatic heterocycles. The van der Waals surface area contributed by atoms with Crippen molar-refractivity contribution in [1.82, 2.24) is 0 Å². The van der Waals surface area contributed by atoms with Gasteiger partial charge in [0.1, 0.15) is 11.6 Å². The van der Waals surface area contributed by atoms with Crippen LogP contribution in [0.4, 0.5) is 8.78 Å². The molecule has 0 aliphatic heterocycles. The van der Waals surface area contributed by atoms with Gasteiger partial charge in [0.05, 0.1) is 0 Å². The van der Waals surface area contributed by atoms with E-state index in [1.807, 2.05) is 12.1 Å². The first-order chi connectivity index (χ1) is 11.1. The van der Waals surface area contributed by atoms with Crippen LogP contribution in [-0.4, -0.2) is 0 Å². The molecule has 0 radical (unpaired) electrons. The molecular weight excluding hydrogens is 290 g/mol. The number of aryl methyl sites for hydroxylation is 1. The summed E-state index contributed by atoms with van der Waals surface area (Å²) in [5, 5.41) is 0. The summed E-state index contributed by atoms with van der Waals surface area (Å²) in [6, 6.07) is 10.1. The highest BCUT2D eigenvalue weighted by molar-refractivity contribution is 5.71. The van der Waals surface area contributed by atoms with Gasteiger partial charge in [-0.05, 0) is 66.5 Å². The average Bonchev–Trinajstić information content (AvgIpc) is 2.57. The predicted molar refractivity (Wildman–Crippen MR) is 92.0 cm³/mol. The number of hydrogen-bond acceptors (Lipinski definition) is 0. The Morgan fingerprint density at radius 1 is 1.04 bits per heavy atom. The van der Waals surface area contributed by atoms with Gasteiger partial charge in [-0.2, -0.15) is 0 Å². The van der Waals surface area contributed by atoms with E-state index in [4.69, 9.17) is 0 Å². The smallest absolute Gasteiger partial charge is 0.131 e. The first kappa shape index (κ1) is 15.7. The summed E-state index contributed by atoms with van der Waals surface area (Å²) >= 11 is 0. The Morgan fingerprint density at radius 3 is 2.39 bits per heavy atom. The first-order valence-corrected chi connectivity index (χ1v) is 7.96. The topological polar surface area (TPSA) is 0 Å². The van der Waals surface area contributed by atoms with Gasteiger partial charge in [-0.1, -0.05) is 36.4 Å². The summed E-state index contributed by atoms with van der Waals surface area (Å²) in [6.07, 6.45) is 7.13. The van der Waals surface area contributed by atoms with Gasteiger partial charge in [-0.15, -0.1) is 6.58 Å². The summed E-state index contributed by atoms with van der Waals surface area (Å²) < 4.78 is 28.2. The third-order valence-electron chi connectivity index (χ3n) is 4.61. The van der Waals surface area contributed by atoms with Crippen molar-refractivity contribution < 1.29 is 8.78 Å². The molecule has 2 aromatic rings. The third kappa shape index (κ3) is 3.26. The molecule has 0 amide bonds. The van der Waals surface area contributed by atoms with E-state index in [9.17, 15) is 8.78 Å². The molecule has 1 unspecified atom stereocenters. The van der Waals surface area contributed by atoms with Gasteiger partial charge < -0.3 is 0 Å². The Balaban J connectivity index is 1.90. The number of halogens is 2. The molecule has 2 heteroatoms. The maximum absolute atomic E-state index is 14.5. The first-order valence-electron chi connectivity index (χ1n) is 7.96. The largest absolute Gasteiger partial charge is 0.207 e. The zero-order valence-electron chi connectivity index (χ0n) is 13.3. The van der Waals surface area contributed by atoms with Gasteiger partial charge in [0.15, 0.2) is 0 Å². The molecule has 118 valence electrons. The maximum Gasteiger partial charge on any atom is 0.131 e. The van der Waals surface area contributed by atoms with Crippen LogP contribution in [0.2, 0.25) is 0 Å². The summed E-state index contributed by atoms with van der Waals surface area (Å²) in [5.41, 5.74) is 3.68. The Labute approximate surface area is 136 Å². The lowest BCUT2D eigenvalue weighted by molar-refractivity contribution is 0.592. The minimum atomic E-state index is -0.309. The fraction of sp³-hybridized carbons (Fsp3) is 0.238. The number of hydrogen-bond donors (Lipinski definition) is 0. The zero-order chi connectivity index (χ0) is 16.4. The lowest BCUT2D eigenvalue weighted by atomic mass is 9.86. The van der Waals surface area contributed by atoms with Crippen molar-refractivity contribution >= 4 is 5.57 Å². The van der Waals surface area contributed by atoms with E-state index in [0.717, 1.165) is 24.8 Å². The van der Waals surface area contributed by atoms with Crippen molar-refractivity contribution in [3.63, 3.8) is 0 Å². The normalized spacial score (nSPS) is 17.7. The second kappa shape index (κ2) is 6.49. The van der Waals surface area contributed by atoms with Gasteiger partial charge >= 0.3 is 0 Å². The Hall–Kier alpha value is -2.22. The molecule has 0 saturated carbocycles. The molecule has 0 fully saturated rings. The second-order valence-electron chi connectivity index (χ2n) is 6.16. The minimum absolute atomic E-state index is 0.308. The summed E-state index contributed by atoms with van der Waals surface area (Å²) in [7, 11) is 0. The van der Waals surface area contributed by atoms with Crippen LogP contribution >= 0.6 is 0 Å². The molecule has 1 aliphatic carbocycles. The zero-order valence-corrected chi connectivity index (χ0v) is 13.3. The molecule has 0 N–H and O–H groups in total. The Morgan fingerprint density at radius 2 is 1.78 bits per heavy atom. The lowest BCUT2D eigenvalue weighted by Gasteiger charge is -2.19. The molecule has 0 saturated heterocycles. The summed E-state index contributed by atoms with van der Waals surface area (Å²) in [6.45, 7) is 5.53. The average molecular weight is 310 g/mol. The molecule has 0 nitrogen and oxygen atoms in total. The van der Waals surface area contributed by atoms with E-state index in [1.165, 1.54) is 11.6 Å². The van der Waals surface area contributed by atoms with E-state index < -0.39 is 0 Å². The summed E-state index contributed by atoms with van der Waals surface area (Å²) in [4.78, 5) is 0. The second-order valence-corrected chi connectivity index (χ2v) is 6.16. The van der Waals surface area contributed by atoms with Crippen molar-refractivity contribution in [2.45, 2.75) is 26.2 Å². The van der Waals surface area contributed by atoms with Crippen LogP contribution in [0.1, 0.15) is 30.4 Å². The number of benzene rings is 2. The van der Waals surface area contributed by atoms with E-state index >= 15 is 0 Å². The fourth-order valence-electron chi connectivity index (χ4n) is 3.04. The predicted octanol–water partition coefficient (Wildman–Crippen LogP) is 6.31. The monoisotopic (exact) mass is 310 g/mol. The quantitative estimate of drug-likeness (QED) is 0.583. The highest BCUT2D eigenvalue weighted by atomic mass is 19.1. The van der Waals surface area contributed by atoms with Gasteiger partial charge in [-0.25, -0.2) is 8.78 Å². The Bertz CT molecular complexity index is 771. The van der Waals surface area contributed by atoms with Crippen molar-refractivity contribution in [2.75, 3.05) is 0 Å². The van der Waals surface area contributed by atoms with Crippen molar-refractivity contribution in [3.8, 4) is 11.1 Å². The van der Waals surface area contributed by atoms with Gasteiger partial charge in [0, 0.05) is 5.56 Å². The van der Waals surface area contributed by atoms with Gasteiger partial charge in [0.25, 0.3) is 0 Å². The maximum atomic E-state index is 14.5. The lowest BCUT2D eigenvalue weighted by Crippen LogP contribution is -2.02. The highest BCUT2D eigenvalue weighted by Gasteiger charge is 2.15. The highest BCUT2D eigenvalue weighted by Crippen LogP contribution is 2.33. The molecule has 1 atom stereocenters. The van der Waals surface area contributed by atoms with E-state index in [-0.39, 0.29) is 11.6 Å². The molecule has 1 aliphatic rings. The summed E-state index contributed by atoms with van der Waals surface area (Å²) in [5.74, 6) is -0.0904. The van der Waals surface area contributed by atoms with E-state index in [1.54, 1.807) is 31.2 Å². The van der Waals surface area contributed by atoms with Crippen LogP contribution < -0.4 is 0 Å². The van der Waals surface area contributed by atoms with Gasteiger partial charge in [0.2, 0.25) is 0 Å². The van der Waals surface area contributed by atoms with Crippen LogP contribution in [-0.2, 0) is 0 Å². The van der Waals surface area contributed by atoms with Crippen LogP contribution in [0.5, 0.6) is 0 Å². The standard InChI is InChI=1S/C21H20F2/c1-3-15-5-8-16(9-6-15)17-10-11-19(21(23)12-17)18-7-4-14(2)20(22)13-18/h3-4,7-8,10-13,15H,1,5-6,9H2,2H3. The molecular formula is C21H20F2. The molecule has 0 heterocycles. The third-order valence-corrected chi connectivity index (χ3v) is 4.61. The molecule has 0 bridgehead atoms. The van der Waals surface area contributed by atoms with E-state index in [0.29, 0.717) is 22.6 Å². The number of rotatable bonds is 3. The molecule has 23 heavy (non-hydrogen) atoms. The SMILES string of the molecule is C=CC1CC=C(c2ccc(-c3ccc(C)c(F)c3)c(F)c2)CC1. The number of allylic oxidation sites excluding steroid dienone is 3. The van der Waals surface area contributed by atoms with Crippen molar-refractivity contribution in [2.24, 2.45) is 5.92 Å². The minimum Gasteiger partial charge on any atom is -0.207 e. The fourth-order valence-corrected chi connectivity index (χ4v) is 3.04. The van der Waals surface area contributed by atoms with Crippen LogP contribution in [0.25, 0.3) is 16.7 Å².